The van der Waals surface area contributed by atoms with Gasteiger partial charge in [0.15, 0.2) is 11.5 Å². The van der Waals surface area contributed by atoms with E-state index >= 15 is 0 Å². The number of carbonyl (C=O) groups excluding carboxylic acids is 1. The van der Waals surface area contributed by atoms with Crippen molar-refractivity contribution in [2.45, 2.75) is 31.2 Å². The lowest BCUT2D eigenvalue weighted by atomic mass is 10.2. The van der Waals surface area contributed by atoms with Gasteiger partial charge in [-0.05, 0) is 55.7 Å². The maximum atomic E-state index is 12.8. The lowest BCUT2D eigenvalue weighted by molar-refractivity contribution is -0.117. The normalized spacial score (nSPS) is 12.8. The molecule has 3 aromatic rings. The Hall–Kier alpha value is -2.36. The van der Waals surface area contributed by atoms with Gasteiger partial charge in [0.2, 0.25) is 15.9 Å². The number of aryl methyl sites for hydroxylation is 2. The number of carbonyl (C=O) groups is 1. The molecule has 1 aromatic heterocycles. The van der Waals surface area contributed by atoms with Gasteiger partial charge in [0, 0.05) is 12.6 Å². The molecule has 1 amide bonds. The molecule has 0 fully saturated rings. The van der Waals surface area contributed by atoms with Crippen LogP contribution in [0.25, 0.3) is 11.1 Å². The molecule has 0 saturated heterocycles. The van der Waals surface area contributed by atoms with Crippen molar-refractivity contribution in [1.29, 1.82) is 0 Å². The van der Waals surface area contributed by atoms with Crippen LogP contribution >= 0.6 is 11.8 Å². The van der Waals surface area contributed by atoms with Crippen molar-refractivity contribution in [3.63, 3.8) is 0 Å². The maximum absolute atomic E-state index is 12.8. The summed E-state index contributed by atoms with van der Waals surface area (Å²) < 4.78 is 33.4. The third kappa shape index (κ3) is 5.37. The molecule has 0 aliphatic heterocycles. The smallest absolute Gasteiger partial charge is 0.242 e. The van der Waals surface area contributed by atoms with Crippen molar-refractivity contribution in [1.82, 2.24) is 9.71 Å². The number of hydrogen-bond acceptors (Lipinski definition) is 6. The first-order chi connectivity index (χ1) is 13.8. The van der Waals surface area contributed by atoms with E-state index < -0.39 is 22.0 Å². The molecule has 1 unspecified atom stereocenters. The zero-order valence-corrected chi connectivity index (χ0v) is 18.1. The summed E-state index contributed by atoms with van der Waals surface area (Å²) in [6.45, 7) is 3.63. The zero-order valence-electron chi connectivity index (χ0n) is 16.4. The van der Waals surface area contributed by atoms with Crippen LogP contribution in [0.15, 0.2) is 51.8 Å². The fourth-order valence-electron chi connectivity index (χ4n) is 2.80. The summed E-state index contributed by atoms with van der Waals surface area (Å²) >= 11 is 1.54. The van der Waals surface area contributed by atoms with Gasteiger partial charge in [-0.1, -0.05) is 17.7 Å². The highest BCUT2D eigenvalue weighted by Crippen LogP contribution is 2.20. The minimum atomic E-state index is -3.82. The molecule has 2 aromatic carbocycles. The van der Waals surface area contributed by atoms with Gasteiger partial charge in [-0.2, -0.15) is 16.5 Å². The quantitative estimate of drug-likeness (QED) is 0.564. The van der Waals surface area contributed by atoms with Crippen LogP contribution in [0.1, 0.15) is 17.9 Å². The van der Waals surface area contributed by atoms with E-state index in [0.717, 1.165) is 5.56 Å². The number of benzene rings is 2. The molecular formula is C20H23N3O4S2. The standard InChI is InChI=1S/C20H23N3O4S2/c1-13-4-7-16(8-5-13)29(25,26)23-17(10-11-28-3)20(24)22-15-6-9-19-18(12-15)21-14(2)27-19/h4-9,12,17,23H,10-11H2,1-3H3,(H,22,24). The summed E-state index contributed by atoms with van der Waals surface area (Å²) in [4.78, 5) is 17.2. The molecule has 0 aliphatic carbocycles. The molecule has 3 rings (SSSR count). The first-order valence-electron chi connectivity index (χ1n) is 9.04. The van der Waals surface area contributed by atoms with E-state index in [1.54, 1.807) is 49.0 Å². The average Bonchev–Trinajstić information content (AvgIpc) is 3.04. The Kier molecular flexibility index (Phi) is 6.61. The minimum absolute atomic E-state index is 0.129. The summed E-state index contributed by atoms with van der Waals surface area (Å²) in [5.74, 6) is 0.747. The van der Waals surface area contributed by atoms with Crippen molar-refractivity contribution < 1.29 is 17.6 Å². The number of nitrogens with one attached hydrogen (secondary N) is 2. The second-order valence-electron chi connectivity index (χ2n) is 6.67. The predicted octanol–water partition coefficient (Wildman–Crippen LogP) is 3.48. The monoisotopic (exact) mass is 433 g/mol. The molecule has 0 aliphatic rings. The summed E-state index contributed by atoms with van der Waals surface area (Å²) in [6.07, 6.45) is 2.27. The summed E-state index contributed by atoms with van der Waals surface area (Å²) in [5, 5.41) is 2.78. The number of amides is 1. The Morgan fingerprint density at radius 1 is 1.17 bits per heavy atom. The van der Waals surface area contributed by atoms with E-state index in [1.165, 1.54) is 12.1 Å². The fourth-order valence-corrected chi connectivity index (χ4v) is 4.50. The van der Waals surface area contributed by atoms with Gasteiger partial charge < -0.3 is 9.73 Å². The van der Waals surface area contributed by atoms with Crippen LogP contribution in [0.2, 0.25) is 0 Å². The topological polar surface area (TPSA) is 101 Å². The van der Waals surface area contributed by atoms with Gasteiger partial charge in [0.05, 0.1) is 4.90 Å². The number of aromatic nitrogens is 1. The fraction of sp³-hybridized carbons (Fsp3) is 0.300. The van der Waals surface area contributed by atoms with Crippen LogP contribution in [0.5, 0.6) is 0 Å². The molecule has 1 heterocycles. The Labute approximate surface area is 174 Å². The molecule has 0 saturated carbocycles. The number of fused-ring (bicyclic) bond motifs is 1. The molecule has 0 radical (unpaired) electrons. The van der Waals surface area contributed by atoms with Crippen LogP contribution in [-0.4, -0.2) is 37.4 Å². The number of anilines is 1. The number of oxazole rings is 1. The number of nitrogens with zero attached hydrogens (tertiary/aromatic N) is 1. The molecule has 9 heteroatoms. The molecular weight excluding hydrogens is 410 g/mol. The molecule has 2 N–H and O–H groups in total. The largest absolute Gasteiger partial charge is 0.441 e. The van der Waals surface area contributed by atoms with Gasteiger partial charge >= 0.3 is 0 Å². The summed E-state index contributed by atoms with van der Waals surface area (Å²) in [5.41, 5.74) is 2.74. The van der Waals surface area contributed by atoms with E-state index in [2.05, 4.69) is 15.0 Å². The van der Waals surface area contributed by atoms with Crippen LogP contribution in [0, 0.1) is 13.8 Å². The van der Waals surface area contributed by atoms with E-state index in [4.69, 9.17) is 4.42 Å². The van der Waals surface area contributed by atoms with Crippen molar-refractivity contribution in [2.24, 2.45) is 0 Å². The first kappa shape index (κ1) is 21.4. The van der Waals surface area contributed by atoms with Crippen molar-refractivity contribution in [3.8, 4) is 0 Å². The summed E-state index contributed by atoms with van der Waals surface area (Å²) in [6, 6.07) is 10.7. The van der Waals surface area contributed by atoms with Gasteiger partial charge in [-0.3, -0.25) is 4.79 Å². The first-order valence-corrected chi connectivity index (χ1v) is 11.9. The van der Waals surface area contributed by atoms with E-state index in [1.807, 2.05) is 13.2 Å². The van der Waals surface area contributed by atoms with Gasteiger partial charge in [-0.25, -0.2) is 13.4 Å². The Balaban J connectivity index is 1.78. The second-order valence-corrected chi connectivity index (χ2v) is 9.37. The van der Waals surface area contributed by atoms with Crippen molar-refractivity contribution >= 4 is 44.5 Å². The highest BCUT2D eigenvalue weighted by Gasteiger charge is 2.25. The highest BCUT2D eigenvalue weighted by molar-refractivity contribution is 7.98. The molecule has 0 spiro atoms. The number of hydrogen-bond donors (Lipinski definition) is 2. The molecule has 0 bridgehead atoms. The number of rotatable bonds is 8. The Morgan fingerprint density at radius 3 is 2.59 bits per heavy atom. The molecule has 29 heavy (non-hydrogen) atoms. The Morgan fingerprint density at radius 2 is 1.90 bits per heavy atom. The van der Waals surface area contributed by atoms with Crippen molar-refractivity contribution in [2.75, 3.05) is 17.3 Å². The third-order valence-electron chi connectivity index (χ3n) is 4.32. The van der Waals surface area contributed by atoms with E-state index in [0.29, 0.717) is 34.9 Å². The highest BCUT2D eigenvalue weighted by atomic mass is 32.2. The zero-order chi connectivity index (χ0) is 21.0. The Bertz CT molecular complexity index is 1110. The minimum Gasteiger partial charge on any atom is -0.441 e. The van der Waals surface area contributed by atoms with Crippen LogP contribution in [0.4, 0.5) is 5.69 Å². The lowest BCUT2D eigenvalue weighted by Crippen LogP contribution is -2.44. The molecule has 7 nitrogen and oxygen atoms in total. The third-order valence-corrected chi connectivity index (χ3v) is 6.45. The van der Waals surface area contributed by atoms with Gasteiger partial charge in [0.25, 0.3) is 0 Å². The van der Waals surface area contributed by atoms with Gasteiger partial charge in [-0.15, -0.1) is 0 Å². The van der Waals surface area contributed by atoms with Crippen LogP contribution < -0.4 is 10.0 Å². The lowest BCUT2D eigenvalue weighted by Gasteiger charge is -2.18. The van der Waals surface area contributed by atoms with E-state index in [-0.39, 0.29) is 4.90 Å². The maximum Gasteiger partial charge on any atom is 0.242 e. The summed E-state index contributed by atoms with van der Waals surface area (Å²) in [7, 11) is -3.82. The average molecular weight is 434 g/mol. The van der Waals surface area contributed by atoms with Crippen LogP contribution in [-0.2, 0) is 14.8 Å². The second kappa shape index (κ2) is 8.98. The molecule has 1 atom stereocenters. The van der Waals surface area contributed by atoms with Crippen molar-refractivity contribution in [3.05, 3.63) is 53.9 Å². The number of sulfonamides is 1. The van der Waals surface area contributed by atoms with Gasteiger partial charge in [0.1, 0.15) is 11.6 Å². The number of thioether (sulfide) groups is 1. The molecule has 154 valence electrons. The van der Waals surface area contributed by atoms with E-state index in [9.17, 15) is 13.2 Å². The predicted molar refractivity (Wildman–Crippen MR) is 116 cm³/mol. The SMILES string of the molecule is CSCCC(NS(=O)(=O)c1ccc(C)cc1)C(=O)Nc1ccc2oc(C)nc2c1. The van der Waals surface area contributed by atoms with Crippen LogP contribution in [0.3, 0.4) is 0 Å².